The molecule has 0 heterocycles. The Bertz CT molecular complexity index is 596. The second-order valence-corrected chi connectivity index (χ2v) is 6.16. The third-order valence-corrected chi connectivity index (χ3v) is 4.20. The number of ketones is 1. The monoisotopic (exact) mass is 306 g/mol. The molecule has 0 bridgehead atoms. The van der Waals surface area contributed by atoms with Crippen LogP contribution >= 0.6 is 23.4 Å². The summed E-state index contributed by atoms with van der Waals surface area (Å²) in [5, 5.41) is 0.470. The third-order valence-electron chi connectivity index (χ3n) is 2.85. The van der Waals surface area contributed by atoms with Gasteiger partial charge in [-0.25, -0.2) is 0 Å². The first-order valence-corrected chi connectivity index (χ1v) is 7.46. The third kappa shape index (κ3) is 3.78. The van der Waals surface area contributed by atoms with Gasteiger partial charge in [-0.1, -0.05) is 17.7 Å². The van der Waals surface area contributed by atoms with Crippen LogP contribution in [0.2, 0.25) is 5.02 Å². The summed E-state index contributed by atoms with van der Waals surface area (Å²) >= 11 is 7.35. The summed E-state index contributed by atoms with van der Waals surface area (Å²) in [6, 6.07) is 14.7. The molecule has 0 aliphatic rings. The van der Waals surface area contributed by atoms with Gasteiger partial charge in [0, 0.05) is 15.5 Å². The Balaban J connectivity index is 2.09. The molecule has 20 heavy (non-hydrogen) atoms. The van der Waals surface area contributed by atoms with E-state index in [0.29, 0.717) is 10.6 Å². The summed E-state index contributed by atoms with van der Waals surface area (Å²) in [4.78, 5) is 13.3. The van der Waals surface area contributed by atoms with Crippen molar-refractivity contribution in [3.05, 3.63) is 59.1 Å². The highest BCUT2D eigenvalue weighted by Crippen LogP contribution is 2.28. The number of halogens is 1. The summed E-state index contributed by atoms with van der Waals surface area (Å²) in [5.74, 6) is 0.885. The van der Waals surface area contributed by atoms with Crippen molar-refractivity contribution in [1.82, 2.24) is 0 Å². The number of thioether (sulfide) groups is 1. The number of rotatable bonds is 5. The van der Waals surface area contributed by atoms with Crippen LogP contribution < -0.4 is 4.74 Å². The molecule has 2 aromatic carbocycles. The molecule has 104 valence electrons. The minimum absolute atomic E-state index is 0.0921. The molecular weight excluding hydrogens is 292 g/mol. The fourth-order valence-electron chi connectivity index (χ4n) is 1.78. The first-order valence-electron chi connectivity index (χ1n) is 6.20. The van der Waals surface area contributed by atoms with Crippen molar-refractivity contribution in [2.24, 2.45) is 0 Å². The molecular formula is C16H15ClO2S. The molecule has 0 aliphatic carbocycles. The Morgan fingerprint density at radius 1 is 1.20 bits per heavy atom. The van der Waals surface area contributed by atoms with E-state index in [-0.39, 0.29) is 11.0 Å². The van der Waals surface area contributed by atoms with Gasteiger partial charge in [-0.05, 0) is 49.4 Å². The Kier molecular flexibility index (Phi) is 5.10. The smallest absolute Gasteiger partial charge is 0.175 e. The van der Waals surface area contributed by atoms with Crippen LogP contribution in [0, 0.1) is 0 Å². The van der Waals surface area contributed by atoms with E-state index in [1.165, 1.54) is 11.8 Å². The largest absolute Gasteiger partial charge is 0.497 e. The first kappa shape index (κ1) is 14.9. The molecule has 0 aliphatic heterocycles. The van der Waals surface area contributed by atoms with E-state index in [1.807, 2.05) is 31.2 Å². The zero-order valence-corrected chi connectivity index (χ0v) is 12.9. The van der Waals surface area contributed by atoms with Crippen molar-refractivity contribution in [3.8, 4) is 5.75 Å². The van der Waals surface area contributed by atoms with Gasteiger partial charge in [0.15, 0.2) is 5.78 Å². The van der Waals surface area contributed by atoms with Gasteiger partial charge in [0.1, 0.15) is 5.75 Å². The number of ether oxygens (including phenoxy) is 1. The van der Waals surface area contributed by atoms with Gasteiger partial charge in [-0.2, -0.15) is 0 Å². The Labute approximate surface area is 128 Å². The van der Waals surface area contributed by atoms with Crippen LogP contribution in [0.15, 0.2) is 53.4 Å². The Morgan fingerprint density at radius 2 is 1.90 bits per heavy atom. The molecule has 2 rings (SSSR count). The van der Waals surface area contributed by atoms with Gasteiger partial charge in [0.2, 0.25) is 0 Å². The van der Waals surface area contributed by atoms with E-state index < -0.39 is 0 Å². The molecule has 2 nitrogen and oxygen atoms in total. The van der Waals surface area contributed by atoms with Crippen molar-refractivity contribution in [3.63, 3.8) is 0 Å². The molecule has 1 atom stereocenters. The normalized spacial score (nSPS) is 11.9. The second kappa shape index (κ2) is 6.82. The highest BCUT2D eigenvalue weighted by molar-refractivity contribution is 8.00. The number of benzene rings is 2. The minimum Gasteiger partial charge on any atom is -0.497 e. The number of hydrogen-bond acceptors (Lipinski definition) is 3. The summed E-state index contributed by atoms with van der Waals surface area (Å²) < 4.78 is 5.18. The van der Waals surface area contributed by atoms with E-state index in [1.54, 1.807) is 31.4 Å². The highest BCUT2D eigenvalue weighted by Gasteiger charge is 2.16. The average Bonchev–Trinajstić information content (AvgIpc) is 2.47. The Hall–Kier alpha value is -1.45. The predicted octanol–water partition coefficient (Wildman–Crippen LogP) is 4.71. The average molecular weight is 307 g/mol. The maximum atomic E-state index is 12.3. The number of carbonyl (C=O) groups is 1. The molecule has 0 aromatic heterocycles. The van der Waals surface area contributed by atoms with Crippen molar-refractivity contribution < 1.29 is 9.53 Å². The van der Waals surface area contributed by atoms with Crippen molar-refractivity contribution in [2.45, 2.75) is 17.1 Å². The quantitative estimate of drug-likeness (QED) is 0.591. The molecule has 2 aromatic rings. The molecule has 0 spiro atoms. The minimum atomic E-state index is -0.164. The number of methoxy groups -OCH3 is 1. The summed E-state index contributed by atoms with van der Waals surface area (Å²) in [7, 11) is 1.63. The fourth-order valence-corrected chi connectivity index (χ4v) is 2.90. The van der Waals surface area contributed by atoms with Gasteiger partial charge >= 0.3 is 0 Å². The van der Waals surface area contributed by atoms with Crippen LogP contribution in [0.3, 0.4) is 0 Å². The lowest BCUT2D eigenvalue weighted by molar-refractivity contribution is 0.0994. The zero-order chi connectivity index (χ0) is 14.5. The van der Waals surface area contributed by atoms with E-state index in [9.17, 15) is 4.79 Å². The number of hydrogen-bond donors (Lipinski definition) is 0. The van der Waals surface area contributed by atoms with Crippen LogP contribution in [0.25, 0.3) is 0 Å². The molecule has 0 radical (unpaired) electrons. The van der Waals surface area contributed by atoms with Crippen molar-refractivity contribution in [1.29, 1.82) is 0 Å². The SMILES string of the molecule is COc1cccc(SC(C)C(=O)c2ccc(Cl)cc2)c1. The fraction of sp³-hybridized carbons (Fsp3) is 0.188. The van der Waals surface area contributed by atoms with Crippen LogP contribution in [0.4, 0.5) is 0 Å². The summed E-state index contributed by atoms with van der Waals surface area (Å²) in [5.41, 5.74) is 0.678. The lowest BCUT2D eigenvalue weighted by Gasteiger charge is -2.11. The van der Waals surface area contributed by atoms with Crippen LogP contribution in [-0.4, -0.2) is 18.1 Å². The van der Waals surface area contributed by atoms with Crippen LogP contribution in [0.1, 0.15) is 17.3 Å². The molecule has 0 fully saturated rings. The summed E-state index contributed by atoms with van der Waals surface area (Å²) in [6.07, 6.45) is 0. The topological polar surface area (TPSA) is 26.3 Å². The van der Waals surface area contributed by atoms with Gasteiger partial charge < -0.3 is 4.74 Å². The van der Waals surface area contributed by atoms with Gasteiger partial charge in [-0.3, -0.25) is 4.79 Å². The van der Waals surface area contributed by atoms with Crippen molar-refractivity contribution in [2.75, 3.05) is 7.11 Å². The van der Waals surface area contributed by atoms with E-state index in [4.69, 9.17) is 16.3 Å². The highest BCUT2D eigenvalue weighted by atomic mass is 35.5. The lowest BCUT2D eigenvalue weighted by atomic mass is 10.1. The second-order valence-electron chi connectivity index (χ2n) is 4.31. The number of carbonyl (C=O) groups excluding carboxylic acids is 1. The van der Waals surface area contributed by atoms with Crippen molar-refractivity contribution >= 4 is 29.1 Å². The first-order chi connectivity index (χ1) is 9.60. The van der Waals surface area contributed by atoms with E-state index in [0.717, 1.165) is 10.6 Å². The molecule has 4 heteroatoms. The number of Topliss-reactive ketones (excluding diaryl/α,β-unsaturated/α-hetero) is 1. The summed E-state index contributed by atoms with van der Waals surface area (Å²) in [6.45, 7) is 1.90. The van der Waals surface area contributed by atoms with E-state index >= 15 is 0 Å². The zero-order valence-electron chi connectivity index (χ0n) is 11.3. The standard InChI is InChI=1S/C16H15ClO2S/c1-11(16(18)12-6-8-13(17)9-7-12)20-15-5-3-4-14(10-15)19-2/h3-11H,1-2H3. The lowest BCUT2D eigenvalue weighted by Crippen LogP contribution is -2.13. The predicted molar refractivity (Wildman–Crippen MR) is 84.1 cm³/mol. The maximum Gasteiger partial charge on any atom is 0.175 e. The van der Waals surface area contributed by atoms with Gasteiger partial charge in [0.05, 0.1) is 12.4 Å². The molecule has 0 N–H and O–H groups in total. The molecule has 1 unspecified atom stereocenters. The maximum absolute atomic E-state index is 12.3. The van der Waals surface area contributed by atoms with Gasteiger partial charge in [-0.15, -0.1) is 11.8 Å². The van der Waals surface area contributed by atoms with E-state index in [2.05, 4.69) is 0 Å². The van der Waals surface area contributed by atoms with Crippen LogP contribution in [-0.2, 0) is 0 Å². The molecule has 0 saturated heterocycles. The molecule has 0 saturated carbocycles. The van der Waals surface area contributed by atoms with Crippen LogP contribution in [0.5, 0.6) is 5.75 Å². The Morgan fingerprint density at radius 3 is 2.55 bits per heavy atom. The van der Waals surface area contributed by atoms with Gasteiger partial charge in [0.25, 0.3) is 0 Å². The molecule has 0 amide bonds.